The zero-order valence-corrected chi connectivity index (χ0v) is 12.7. The summed E-state index contributed by atoms with van der Waals surface area (Å²) in [4.78, 5) is 14.0. The molecule has 0 saturated carbocycles. The Morgan fingerprint density at radius 2 is 2.00 bits per heavy atom. The normalized spacial score (nSPS) is 13.6. The first-order valence-electron chi connectivity index (χ1n) is 7.11. The molecule has 2 aromatic rings. The summed E-state index contributed by atoms with van der Waals surface area (Å²) in [6, 6.07) is 7.27. The predicted octanol–water partition coefficient (Wildman–Crippen LogP) is 1.02. The predicted molar refractivity (Wildman–Crippen MR) is 78.7 cm³/mol. The summed E-state index contributed by atoms with van der Waals surface area (Å²) in [5, 5.41) is 8.13. The van der Waals surface area contributed by atoms with Crippen molar-refractivity contribution in [3.05, 3.63) is 35.9 Å². The number of carbonyl (C=O) groups is 1. The van der Waals surface area contributed by atoms with Crippen molar-refractivity contribution < 1.29 is 14.3 Å². The molecule has 0 spiro atoms. The average Bonchev–Trinajstić information content (AvgIpc) is 2.93. The van der Waals surface area contributed by atoms with Gasteiger partial charge < -0.3 is 18.9 Å². The van der Waals surface area contributed by atoms with Crippen LogP contribution in [0.3, 0.4) is 0 Å². The lowest BCUT2D eigenvalue weighted by atomic mass is 10.3. The van der Waals surface area contributed by atoms with Crippen LogP contribution in [0.5, 0.6) is 11.5 Å². The van der Waals surface area contributed by atoms with Gasteiger partial charge in [-0.25, -0.2) is 0 Å². The number of amides is 1. The molecular weight excluding hydrogens is 284 g/mol. The summed E-state index contributed by atoms with van der Waals surface area (Å²) in [5.74, 6) is 2.80. The van der Waals surface area contributed by atoms with Gasteiger partial charge in [-0.05, 0) is 19.1 Å². The zero-order valence-electron chi connectivity index (χ0n) is 12.7. The number of hydrogen-bond donors (Lipinski definition) is 0. The van der Waals surface area contributed by atoms with E-state index in [-0.39, 0.29) is 12.5 Å². The van der Waals surface area contributed by atoms with Gasteiger partial charge in [0.2, 0.25) is 0 Å². The number of carbonyl (C=O) groups excluding carboxylic acids is 1. The number of methoxy groups -OCH3 is 1. The highest BCUT2D eigenvalue weighted by Gasteiger charge is 2.23. The summed E-state index contributed by atoms with van der Waals surface area (Å²) >= 11 is 0. The Kier molecular flexibility index (Phi) is 3.95. The number of hydrogen-bond acceptors (Lipinski definition) is 5. The number of ether oxygens (including phenoxy) is 2. The van der Waals surface area contributed by atoms with E-state index < -0.39 is 0 Å². The summed E-state index contributed by atoms with van der Waals surface area (Å²) in [6.45, 7) is 3.72. The molecule has 0 bridgehead atoms. The van der Waals surface area contributed by atoms with Gasteiger partial charge in [-0.3, -0.25) is 4.79 Å². The summed E-state index contributed by atoms with van der Waals surface area (Å²) < 4.78 is 12.8. The van der Waals surface area contributed by atoms with Crippen molar-refractivity contribution in [2.75, 3.05) is 20.3 Å². The Morgan fingerprint density at radius 1 is 1.23 bits per heavy atom. The van der Waals surface area contributed by atoms with Gasteiger partial charge in [0, 0.05) is 13.1 Å². The summed E-state index contributed by atoms with van der Waals surface area (Å²) in [6.07, 6.45) is 0. The number of rotatable bonds is 4. The second-order valence-corrected chi connectivity index (χ2v) is 5.07. The number of fused-ring (bicyclic) bond motifs is 1. The number of aryl methyl sites for hydroxylation is 1. The molecule has 2 heterocycles. The topological polar surface area (TPSA) is 69.5 Å². The standard InChI is InChI=1S/C15H18N4O3/c1-11-16-17-14-9-18(7-8-19(11)14)15(20)10-22-13-6-4-3-5-12(13)21-2/h3-6H,7-10H2,1-2H3. The lowest BCUT2D eigenvalue weighted by molar-refractivity contribution is -0.134. The van der Waals surface area contributed by atoms with E-state index in [4.69, 9.17) is 9.47 Å². The fourth-order valence-corrected chi connectivity index (χ4v) is 2.48. The van der Waals surface area contributed by atoms with Crippen LogP contribution in [0, 0.1) is 6.92 Å². The molecular formula is C15H18N4O3. The van der Waals surface area contributed by atoms with Crippen LogP contribution in [0.2, 0.25) is 0 Å². The van der Waals surface area contributed by atoms with Gasteiger partial charge in [0.25, 0.3) is 5.91 Å². The van der Waals surface area contributed by atoms with Gasteiger partial charge in [-0.15, -0.1) is 10.2 Å². The van der Waals surface area contributed by atoms with Gasteiger partial charge in [0.05, 0.1) is 13.7 Å². The highest BCUT2D eigenvalue weighted by molar-refractivity contribution is 5.77. The lowest BCUT2D eigenvalue weighted by Gasteiger charge is -2.27. The molecule has 1 amide bonds. The van der Waals surface area contributed by atoms with Gasteiger partial charge in [-0.1, -0.05) is 12.1 Å². The molecule has 0 atom stereocenters. The number of aromatic nitrogens is 3. The maximum atomic E-state index is 12.3. The molecule has 1 aliphatic heterocycles. The van der Waals surface area contributed by atoms with Crippen molar-refractivity contribution in [2.45, 2.75) is 20.0 Å². The van der Waals surface area contributed by atoms with E-state index in [0.29, 0.717) is 31.1 Å². The minimum absolute atomic E-state index is 0.0203. The Labute approximate surface area is 128 Å². The van der Waals surface area contributed by atoms with E-state index in [1.54, 1.807) is 24.1 Å². The molecule has 3 rings (SSSR count). The van der Waals surface area contributed by atoms with Crippen molar-refractivity contribution in [1.82, 2.24) is 19.7 Å². The second-order valence-electron chi connectivity index (χ2n) is 5.07. The van der Waals surface area contributed by atoms with Crippen LogP contribution in [-0.2, 0) is 17.9 Å². The number of nitrogens with zero attached hydrogens (tertiary/aromatic N) is 4. The van der Waals surface area contributed by atoms with E-state index >= 15 is 0 Å². The van der Waals surface area contributed by atoms with Crippen molar-refractivity contribution in [2.24, 2.45) is 0 Å². The molecule has 7 nitrogen and oxygen atoms in total. The molecule has 0 N–H and O–H groups in total. The molecule has 1 aromatic heterocycles. The molecule has 22 heavy (non-hydrogen) atoms. The minimum Gasteiger partial charge on any atom is -0.493 e. The first-order valence-corrected chi connectivity index (χ1v) is 7.11. The smallest absolute Gasteiger partial charge is 0.260 e. The molecule has 0 aliphatic carbocycles. The van der Waals surface area contributed by atoms with Crippen LogP contribution in [0.15, 0.2) is 24.3 Å². The quantitative estimate of drug-likeness (QED) is 0.843. The maximum Gasteiger partial charge on any atom is 0.260 e. The molecule has 7 heteroatoms. The molecule has 0 fully saturated rings. The first-order chi connectivity index (χ1) is 10.7. The molecule has 0 saturated heterocycles. The Balaban J connectivity index is 1.61. The van der Waals surface area contributed by atoms with Crippen molar-refractivity contribution >= 4 is 5.91 Å². The van der Waals surface area contributed by atoms with Gasteiger partial charge >= 0.3 is 0 Å². The average molecular weight is 302 g/mol. The van der Waals surface area contributed by atoms with Gasteiger partial charge in [0.15, 0.2) is 23.9 Å². The zero-order chi connectivity index (χ0) is 15.5. The van der Waals surface area contributed by atoms with Crippen molar-refractivity contribution in [1.29, 1.82) is 0 Å². The van der Waals surface area contributed by atoms with Crippen LogP contribution >= 0.6 is 0 Å². The van der Waals surface area contributed by atoms with E-state index in [1.807, 2.05) is 23.6 Å². The second kappa shape index (κ2) is 6.05. The van der Waals surface area contributed by atoms with E-state index in [1.165, 1.54) is 0 Å². The summed E-state index contributed by atoms with van der Waals surface area (Å²) in [7, 11) is 1.57. The molecule has 0 unspecified atom stereocenters. The van der Waals surface area contributed by atoms with E-state index in [2.05, 4.69) is 10.2 Å². The molecule has 1 aromatic carbocycles. The van der Waals surface area contributed by atoms with Crippen LogP contribution in [0.25, 0.3) is 0 Å². The molecule has 1 aliphatic rings. The fraction of sp³-hybridized carbons (Fsp3) is 0.400. The molecule has 0 radical (unpaired) electrons. The van der Waals surface area contributed by atoms with Crippen LogP contribution in [-0.4, -0.2) is 45.8 Å². The summed E-state index contributed by atoms with van der Waals surface area (Å²) in [5.41, 5.74) is 0. The number of para-hydroxylation sites is 2. The monoisotopic (exact) mass is 302 g/mol. The van der Waals surface area contributed by atoms with Gasteiger partial charge in [-0.2, -0.15) is 0 Å². The minimum atomic E-state index is -0.0715. The third kappa shape index (κ3) is 2.74. The SMILES string of the molecule is COc1ccccc1OCC(=O)N1CCn2c(C)nnc2C1. The maximum absolute atomic E-state index is 12.3. The Bertz CT molecular complexity index is 683. The first kappa shape index (κ1) is 14.4. The van der Waals surface area contributed by atoms with E-state index in [9.17, 15) is 4.79 Å². The third-order valence-electron chi connectivity index (χ3n) is 3.71. The number of benzene rings is 1. The van der Waals surface area contributed by atoms with Crippen LogP contribution in [0.1, 0.15) is 11.6 Å². The Hall–Kier alpha value is -2.57. The highest BCUT2D eigenvalue weighted by Crippen LogP contribution is 2.25. The lowest BCUT2D eigenvalue weighted by Crippen LogP contribution is -2.41. The largest absolute Gasteiger partial charge is 0.493 e. The fourth-order valence-electron chi connectivity index (χ4n) is 2.48. The highest BCUT2D eigenvalue weighted by atomic mass is 16.5. The Morgan fingerprint density at radius 3 is 2.77 bits per heavy atom. The van der Waals surface area contributed by atoms with Crippen LogP contribution < -0.4 is 9.47 Å². The van der Waals surface area contributed by atoms with Crippen LogP contribution in [0.4, 0.5) is 0 Å². The third-order valence-corrected chi connectivity index (χ3v) is 3.71. The van der Waals surface area contributed by atoms with E-state index in [0.717, 1.165) is 11.6 Å². The molecule has 116 valence electrons. The van der Waals surface area contributed by atoms with Crippen molar-refractivity contribution in [3.8, 4) is 11.5 Å². The van der Waals surface area contributed by atoms with Gasteiger partial charge in [0.1, 0.15) is 5.82 Å². The van der Waals surface area contributed by atoms with Crippen molar-refractivity contribution in [3.63, 3.8) is 0 Å².